The third-order valence-electron chi connectivity index (χ3n) is 23.3. The molecule has 0 saturated heterocycles. The molecule has 2 aliphatic heterocycles. The molecule has 14 aromatic heterocycles. The fraction of sp³-hybridized carbons (Fsp3) is 0.299. The van der Waals surface area contributed by atoms with Gasteiger partial charge in [0.05, 0.1) is 79.3 Å². The first kappa shape index (κ1) is 128. The van der Waals surface area contributed by atoms with Crippen molar-refractivity contribution in [3.05, 3.63) is 295 Å². The second-order valence-electron chi connectivity index (χ2n) is 40.1. The van der Waals surface area contributed by atoms with Crippen LogP contribution in [0.1, 0.15) is 180 Å². The van der Waals surface area contributed by atoms with Crippen LogP contribution in [0.2, 0.25) is 0 Å². The van der Waals surface area contributed by atoms with E-state index >= 15 is 0 Å². The first-order chi connectivity index (χ1) is 60.8. The first-order valence-electron chi connectivity index (χ1n) is 43.5. The number of imidazole rings is 7. The molecule has 22 aromatic rings. The fourth-order valence-corrected chi connectivity index (χ4v) is 19.3. The topological polar surface area (TPSA) is 223 Å². The number of hydrogen-bond donors (Lipinski definition) is 0. The molecular formula is C107H116Ir5N24SY5-10. The van der Waals surface area contributed by atoms with E-state index in [4.69, 9.17) is 34.9 Å². The Labute approximate surface area is 1030 Å². The predicted octanol–water partition coefficient (Wildman–Crippen LogP) is 24.1. The maximum absolute atomic E-state index is 5.10. The van der Waals surface area contributed by atoms with Gasteiger partial charge in [0.2, 0.25) is 23.1 Å². The molecule has 16 heterocycles. The van der Waals surface area contributed by atoms with Crippen LogP contribution in [0.4, 0.5) is 0 Å². The van der Waals surface area contributed by atoms with Gasteiger partial charge in [-0.1, -0.05) is 186 Å². The van der Waals surface area contributed by atoms with Crippen LogP contribution in [-0.2, 0) is 290 Å². The van der Waals surface area contributed by atoms with Gasteiger partial charge in [0.1, 0.15) is 12.5 Å². The molecule has 35 heteroatoms. The van der Waals surface area contributed by atoms with E-state index in [2.05, 4.69) is 300 Å². The summed E-state index contributed by atoms with van der Waals surface area (Å²) in [6, 6.07) is 66.5. The second kappa shape index (κ2) is 50.3. The molecule has 0 bridgehead atoms. The summed E-state index contributed by atoms with van der Waals surface area (Å²) in [6.45, 7) is 44.0. The molecule has 142 heavy (non-hydrogen) atoms. The van der Waals surface area contributed by atoms with Gasteiger partial charge in [-0.15, -0.1) is 138 Å². The largest absolute Gasteiger partial charge is 0.360 e. The summed E-state index contributed by atoms with van der Waals surface area (Å²) in [5, 5.41) is 24.4. The van der Waals surface area contributed by atoms with Gasteiger partial charge in [-0.05, 0) is 146 Å². The van der Waals surface area contributed by atoms with E-state index in [1.165, 1.54) is 44.8 Å². The Hall–Kier alpha value is -4.91. The number of tetrazole rings is 1. The molecule has 24 rings (SSSR count). The molecule has 8 aromatic carbocycles. The summed E-state index contributed by atoms with van der Waals surface area (Å²) in [7, 11) is 0. The number of benzene rings is 8. The van der Waals surface area contributed by atoms with Crippen molar-refractivity contribution >= 4 is 140 Å². The quantitative estimate of drug-likeness (QED) is 0.135. The van der Waals surface area contributed by atoms with Crippen molar-refractivity contribution in [3.8, 4) is 22.6 Å². The predicted molar refractivity (Wildman–Crippen MR) is 539 cm³/mol. The molecular weight excluding hydrogens is 3060 g/mol. The number of thiazole rings is 1. The fourth-order valence-electron chi connectivity index (χ4n) is 18.4. The summed E-state index contributed by atoms with van der Waals surface area (Å²) in [6.07, 6.45) is 17.3. The van der Waals surface area contributed by atoms with Crippen LogP contribution in [0.3, 0.4) is 0 Å². The molecule has 10 radical (unpaired) electrons. The van der Waals surface area contributed by atoms with Gasteiger partial charge >= 0.3 is 0 Å². The molecule has 740 valence electrons. The molecule has 0 saturated carbocycles. The van der Waals surface area contributed by atoms with Gasteiger partial charge in [0.15, 0.2) is 10.5 Å². The summed E-state index contributed by atoms with van der Waals surface area (Å²) < 4.78 is 18.7. The Kier molecular flexibility index (Phi) is 45.2. The Bertz CT molecular complexity index is 8060. The Balaban J connectivity index is 0.000000307. The summed E-state index contributed by atoms with van der Waals surface area (Å²) in [4.78, 5) is 47.2. The van der Waals surface area contributed by atoms with Gasteiger partial charge in [-0.2, -0.15) is 5.10 Å². The molecule has 0 fully saturated rings. The van der Waals surface area contributed by atoms with Crippen LogP contribution in [0.15, 0.2) is 188 Å². The van der Waals surface area contributed by atoms with Crippen molar-refractivity contribution < 1.29 is 264 Å². The number of aryl methyl sites for hydroxylation is 2. The minimum Gasteiger partial charge on any atom is -0.360 e. The monoisotopic (exact) mass is 3180 g/mol. The molecule has 2 unspecified atom stereocenters. The van der Waals surface area contributed by atoms with E-state index in [1.807, 2.05) is 116 Å². The van der Waals surface area contributed by atoms with Crippen molar-refractivity contribution in [2.24, 2.45) is 32.1 Å². The van der Waals surface area contributed by atoms with Crippen molar-refractivity contribution in [2.45, 2.75) is 175 Å². The van der Waals surface area contributed by atoms with Crippen LogP contribution in [0.5, 0.6) is 0 Å². The zero-order valence-electron chi connectivity index (χ0n) is 84.9. The minimum atomic E-state index is -0.00726. The third-order valence-corrected chi connectivity index (χ3v) is 24.6. The van der Waals surface area contributed by atoms with Crippen LogP contribution >= 0.6 is 11.3 Å². The zero-order valence-corrected chi connectivity index (χ0v) is 112. The minimum absolute atomic E-state index is 0. The van der Waals surface area contributed by atoms with Crippen molar-refractivity contribution in [2.75, 3.05) is 6.54 Å². The van der Waals surface area contributed by atoms with Gasteiger partial charge in [-0.3, -0.25) is 28.7 Å². The second-order valence-corrected chi connectivity index (χ2v) is 41.1. The van der Waals surface area contributed by atoms with E-state index in [0.717, 1.165) is 165 Å². The molecule has 0 aliphatic carbocycles. The molecule has 24 nitrogen and oxygen atoms in total. The maximum Gasteiger partial charge on any atom is 0.244 e. The van der Waals surface area contributed by atoms with E-state index in [1.54, 1.807) is 26.6 Å². The number of aromatic nitrogens is 22. The van der Waals surface area contributed by atoms with Crippen molar-refractivity contribution in [1.29, 1.82) is 0 Å². The van der Waals surface area contributed by atoms with Crippen LogP contribution in [-0.4, -0.2) is 123 Å². The maximum atomic E-state index is 5.10. The van der Waals surface area contributed by atoms with E-state index in [-0.39, 0.29) is 340 Å². The summed E-state index contributed by atoms with van der Waals surface area (Å²) in [5.74, 6) is 4.63. The summed E-state index contributed by atoms with van der Waals surface area (Å²) in [5.41, 5.74) is 26.3. The molecule has 2 aliphatic rings. The molecule has 2 atom stereocenters. The van der Waals surface area contributed by atoms with Crippen molar-refractivity contribution in [3.63, 3.8) is 0 Å². The Morgan fingerprint density at radius 1 is 0.437 bits per heavy atom. The third kappa shape index (κ3) is 24.6. The SMILES string of the molecule is CC(C)(C)Cc1cc2nc3n4ccnc4c4[c-]cccc4n3c2cc1CC(C)(C)C.CC(C)(C)Cc1nc2n3ccnc3c3[c-]cccc3n2c1CC(C)(C)C.CC(C)c1nc2c(nc3c4[c-]cccc4n4c5ccccc5nc4n23)s1.Cc1cccc(C)c1-c1cnc2n1C1N=CN(CC(C)(C)C)C1c1ccc[c-]c1-2.[CH3-].[CH3-].[CH3-].[CH3-].[CH3-].[Ir].[Ir].[Ir].[Ir].[Ir].[Y].[Y].[Y].[Y].[Y].[c-]1cccc2c1c1nncn1c1nnnn21. The average Bonchev–Trinajstić information content (AvgIpc) is 1.55. The molecule has 0 amide bonds. The number of aliphatic imine (C=N–C) groups is 1. The normalized spacial score (nSPS) is 12.9. The number of para-hydroxylation sites is 2. The van der Waals surface area contributed by atoms with E-state index < -0.39 is 0 Å². The van der Waals surface area contributed by atoms with Crippen molar-refractivity contribution in [1.82, 2.24) is 110 Å². The molecule has 0 spiro atoms. The molecule has 0 N–H and O–H groups in total. The number of hydrogen-bond acceptors (Lipinski definition) is 16. The van der Waals surface area contributed by atoms with Gasteiger partial charge in [0, 0.05) is 319 Å². The standard InChI is InChI=1S/C26H29N4.C25H27N4.C22H27N4.C20H14N5S.C9H4N7.5CH3.5Ir.5Y/c1-25(2,3)15-17-13-20-22(14-18(17)16-26(4,5)6)30-21-10-8-7-9-19(21)23-27-11-12-29(23)24(30)28-20;1-16-9-8-10-17(2)21(16)20-13-26-23-19-12-7-6-11-18(19)22-24(29(20)23)27-15-28(22)14-25(3,4)5;1-21(2,3)13-16-18(14-22(4,5)6)26-17-10-8-7-9-15(17)19-23-11-12-25(19)20(26)24-16;1-11(2)18-23-17-19(26-18)22-16-12-7-3-5-9-14(12)24-15-10-6-4-8-13(15)21-20(24)25(16)17;1-2-4-7-6(3-1)8-11-10-5-15(8)9-12-13-14-16(7)9;;;;;;;;;;;;;;;/h7-8,10-14H,15-16H2,1-6H3;6-11,13,15,22,24H,14H2,1-5H3;7-8,10-12H,13-14H2,1-6H3;3-6,8-11H,1-2H3;1-2,4-5H;5*1H3;;;;;;;;;;/q10*-1;;;;;;;;;;. The zero-order chi connectivity index (χ0) is 88.2. The van der Waals surface area contributed by atoms with Gasteiger partial charge in [-0.25, -0.2) is 29.4 Å². The van der Waals surface area contributed by atoms with Crippen LogP contribution in [0, 0.1) is 108 Å². The van der Waals surface area contributed by atoms with Crippen LogP contribution < -0.4 is 0 Å². The summed E-state index contributed by atoms with van der Waals surface area (Å²) >= 11 is 1.66. The van der Waals surface area contributed by atoms with Gasteiger partial charge < -0.3 is 68.6 Å². The Morgan fingerprint density at radius 3 is 1.51 bits per heavy atom. The number of nitrogens with zero attached hydrogens (tertiary/aromatic N) is 24. The van der Waals surface area contributed by atoms with E-state index in [9.17, 15) is 0 Å². The number of rotatable bonds is 7. The smallest absolute Gasteiger partial charge is 0.244 e. The first-order valence-corrected chi connectivity index (χ1v) is 44.4. The Morgan fingerprint density at radius 2 is 0.944 bits per heavy atom. The van der Waals surface area contributed by atoms with Crippen LogP contribution in [0.25, 0.3) is 145 Å². The van der Waals surface area contributed by atoms with Gasteiger partial charge in [0.25, 0.3) is 0 Å². The average molecular weight is 3180 g/mol. The number of fused-ring (bicyclic) bond motifs is 36. The van der Waals surface area contributed by atoms with E-state index in [0.29, 0.717) is 17.3 Å².